The van der Waals surface area contributed by atoms with Crippen LogP contribution in [-0.2, 0) is 9.53 Å². The summed E-state index contributed by atoms with van der Waals surface area (Å²) in [5.41, 5.74) is 1.55. The molecular formula is C14H17N3O3S. The Hall–Kier alpha value is -2.15. The van der Waals surface area contributed by atoms with E-state index in [9.17, 15) is 9.59 Å². The number of nitrogens with one attached hydrogen (secondary N) is 1. The predicted octanol–water partition coefficient (Wildman–Crippen LogP) is 2.55. The molecule has 0 unspecified atom stereocenters. The van der Waals surface area contributed by atoms with Crippen molar-refractivity contribution in [3.63, 3.8) is 0 Å². The summed E-state index contributed by atoms with van der Waals surface area (Å²) in [6.07, 6.45) is 0. The molecule has 0 radical (unpaired) electrons. The van der Waals surface area contributed by atoms with Gasteiger partial charge in [-0.2, -0.15) is 0 Å². The van der Waals surface area contributed by atoms with Crippen LogP contribution in [0.25, 0.3) is 11.0 Å². The molecule has 1 N–H and O–H groups in total. The van der Waals surface area contributed by atoms with E-state index in [1.807, 2.05) is 31.2 Å². The fourth-order valence-corrected chi connectivity index (χ4v) is 2.36. The van der Waals surface area contributed by atoms with Crippen LogP contribution in [0.2, 0.25) is 0 Å². The molecule has 1 aromatic carbocycles. The van der Waals surface area contributed by atoms with Crippen LogP contribution in [-0.4, -0.2) is 46.1 Å². The van der Waals surface area contributed by atoms with Crippen LogP contribution in [0.3, 0.4) is 0 Å². The van der Waals surface area contributed by atoms with Gasteiger partial charge < -0.3 is 14.6 Å². The second-order valence-corrected chi connectivity index (χ2v) is 4.87. The molecule has 6 nitrogen and oxygen atoms in total. The molecule has 0 aliphatic heterocycles. The quantitative estimate of drug-likeness (QED) is 0.696. The van der Waals surface area contributed by atoms with E-state index in [2.05, 4.69) is 4.98 Å². The minimum absolute atomic E-state index is 0.171. The van der Waals surface area contributed by atoms with Crippen LogP contribution in [0.1, 0.15) is 13.8 Å². The highest BCUT2D eigenvalue weighted by molar-refractivity contribution is 7.71. The molecule has 0 saturated heterocycles. The van der Waals surface area contributed by atoms with Crippen molar-refractivity contribution in [3.8, 4) is 0 Å². The van der Waals surface area contributed by atoms with Gasteiger partial charge in [-0.1, -0.05) is 12.1 Å². The van der Waals surface area contributed by atoms with E-state index in [4.69, 9.17) is 17.0 Å². The number of carbonyl (C=O) groups is 2. The van der Waals surface area contributed by atoms with Crippen molar-refractivity contribution in [2.24, 2.45) is 0 Å². The first kappa shape index (κ1) is 15.2. The summed E-state index contributed by atoms with van der Waals surface area (Å²) in [7, 11) is 0. The van der Waals surface area contributed by atoms with Crippen LogP contribution in [0, 0.1) is 4.77 Å². The van der Waals surface area contributed by atoms with E-state index in [1.54, 1.807) is 4.90 Å². The average Bonchev–Trinajstić information content (AvgIpc) is 2.78. The van der Waals surface area contributed by atoms with Crippen LogP contribution in [0.4, 0.5) is 4.79 Å². The van der Waals surface area contributed by atoms with Crippen molar-refractivity contribution >= 4 is 35.3 Å². The van der Waals surface area contributed by atoms with Crippen LogP contribution in [0.5, 0.6) is 0 Å². The van der Waals surface area contributed by atoms with Crippen molar-refractivity contribution in [1.29, 1.82) is 0 Å². The van der Waals surface area contributed by atoms with Crippen molar-refractivity contribution in [2.45, 2.75) is 13.8 Å². The molecule has 0 aliphatic rings. The summed E-state index contributed by atoms with van der Waals surface area (Å²) in [6, 6.07) is 7.20. The molecule has 0 spiro atoms. The zero-order chi connectivity index (χ0) is 15.4. The Morgan fingerprint density at radius 3 is 2.76 bits per heavy atom. The van der Waals surface area contributed by atoms with Crippen molar-refractivity contribution in [1.82, 2.24) is 14.5 Å². The normalized spacial score (nSPS) is 10.6. The lowest BCUT2D eigenvalue weighted by atomic mass is 10.3. The maximum Gasteiger partial charge on any atom is 0.331 e. The SMILES string of the molecule is CCN(CCOC(C)=O)C(=O)n1c(=S)[nH]c2ccccc21. The van der Waals surface area contributed by atoms with E-state index in [1.165, 1.54) is 11.5 Å². The average molecular weight is 307 g/mol. The van der Waals surface area contributed by atoms with Crippen LogP contribution in [0.15, 0.2) is 24.3 Å². The number of esters is 1. The van der Waals surface area contributed by atoms with Gasteiger partial charge in [-0.25, -0.2) is 9.36 Å². The minimum Gasteiger partial charge on any atom is -0.464 e. The Labute approximate surface area is 127 Å². The lowest BCUT2D eigenvalue weighted by Crippen LogP contribution is -2.37. The number of carbonyl (C=O) groups excluding carboxylic acids is 2. The fourth-order valence-electron chi connectivity index (χ4n) is 2.07. The van der Waals surface area contributed by atoms with Gasteiger partial charge in [0, 0.05) is 13.5 Å². The summed E-state index contributed by atoms with van der Waals surface area (Å²) in [6.45, 7) is 4.21. The van der Waals surface area contributed by atoms with Crippen LogP contribution < -0.4 is 0 Å². The van der Waals surface area contributed by atoms with E-state index < -0.39 is 0 Å². The van der Waals surface area contributed by atoms with Gasteiger partial charge in [0.2, 0.25) is 0 Å². The first-order chi connectivity index (χ1) is 10.0. The molecule has 7 heteroatoms. The van der Waals surface area contributed by atoms with E-state index in [0.717, 1.165) is 11.0 Å². The number of aromatic nitrogens is 2. The van der Waals surface area contributed by atoms with Crippen molar-refractivity contribution in [2.75, 3.05) is 19.7 Å². The molecule has 1 amide bonds. The number of ether oxygens (including phenoxy) is 1. The third-order valence-electron chi connectivity index (χ3n) is 3.10. The largest absolute Gasteiger partial charge is 0.464 e. The van der Waals surface area contributed by atoms with E-state index in [-0.39, 0.29) is 18.6 Å². The molecule has 0 saturated carbocycles. The van der Waals surface area contributed by atoms with Crippen molar-refractivity contribution in [3.05, 3.63) is 29.0 Å². The highest BCUT2D eigenvalue weighted by Gasteiger charge is 2.17. The van der Waals surface area contributed by atoms with Gasteiger partial charge in [0.05, 0.1) is 17.6 Å². The summed E-state index contributed by atoms with van der Waals surface area (Å²) < 4.78 is 6.70. The Bertz CT molecular complexity index is 720. The number of hydrogen-bond acceptors (Lipinski definition) is 4. The topological polar surface area (TPSA) is 67.3 Å². The maximum absolute atomic E-state index is 12.6. The fraction of sp³-hybridized carbons (Fsp3) is 0.357. The number of benzene rings is 1. The third-order valence-corrected chi connectivity index (χ3v) is 3.38. The molecule has 0 fully saturated rings. The number of hydrogen-bond donors (Lipinski definition) is 1. The summed E-state index contributed by atoms with van der Waals surface area (Å²) >= 11 is 5.22. The van der Waals surface area contributed by atoms with Gasteiger partial charge in [-0.05, 0) is 31.3 Å². The molecule has 2 rings (SSSR count). The zero-order valence-corrected chi connectivity index (χ0v) is 12.8. The molecule has 2 aromatic rings. The lowest BCUT2D eigenvalue weighted by Gasteiger charge is -2.20. The number of rotatable bonds is 4. The molecular weight excluding hydrogens is 290 g/mol. The number of imidazole rings is 1. The summed E-state index contributed by atoms with van der Waals surface area (Å²) in [5, 5.41) is 0. The number of para-hydroxylation sites is 2. The maximum atomic E-state index is 12.6. The number of aromatic amines is 1. The Morgan fingerprint density at radius 2 is 2.10 bits per heavy atom. The first-order valence-corrected chi connectivity index (χ1v) is 7.07. The van der Waals surface area contributed by atoms with Crippen molar-refractivity contribution < 1.29 is 14.3 Å². The molecule has 0 bridgehead atoms. The second kappa shape index (κ2) is 6.53. The summed E-state index contributed by atoms with van der Waals surface area (Å²) in [4.78, 5) is 28.0. The predicted molar refractivity (Wildman–Crippen MR) is 81.8 cm³/mol. The second-order valence-electron chi connectivity index (χ2n) is 4.48. The molecule has 1 heterocycles. The monoisotopic (exact) mass is 307 g/mol. The third kappa shape index (κ3) is 3.30. The molecule has 0 atom stereocenters. The number of H-pyrrole nitrogens is 1. The van der Waals surface area contributed by atoms with E-state index >= 15 is 0 Å². The van der Waals surface area contributed by atoms with Gasteiger partial charge in [0.15, 0.2) is 4.77 Å². The zero-order valence-electron chi connectivity index (χ0n) is 12.0. The number of amides is 1. The van der Waals surface area contributed by atoms with Gasteiger partial charge in [-0.3, -0.25) is 4.79 Å². The standard InChI is InChI=1S/C14H17N3O3S/c1-3-16(8-9-20-10(2)18)14(19)17-12-7-5-4-6-11(12)15-13(17)21/h4-7H,3,8-9H2,1-2H3,(H,15,21). The molecule has 1 aromatic heterocycles. The number of likely N-dealkylation sites (N-methyl/N-ethyl adjacent to an activating group) is 1. The number of fused-ring (bicyclic) bond motifs is 1. The molecule has 0 aliphatic carbocycles. The Balaban J connectivity index is 2.25. The highest BCUT2D eigenvalue weighted by Crippen LogP contribution is 2.14. The lowest BCUT2D eigenvalue weighted by molar-refractivity contribution is -0.141. The van der Waals surface area contributed by atoms with Gasteiger partial charge in [-0.15, -0.1) is 0 Å². The van der Waals surface area contributed by atoms with Gasteiger partial charge in [0.1, 0.15) is 6.61 Å². The van der Waals surface area contributed by atoms with Gasteiger partial charge in [0.25, 0.3) is 0 Å². The Morgan fingerprint density at radius 1 is 1.38 bits per heavy atom. The van der Waals surface area contributed by atoms with Gasteiger partial charge >= 0.3 is 12.0 Å². The molecule has 21 heavy (non-hydrogen) atoms. The molecule has 112 valence electrons. The van der Waals surface area contributed by atoms with E-state index in [0.29, 0.717) is 17.9 Å². The minimum atomic E-state index is -0.359. The Kier molecular flexibility index (Phi) is 4.74. The first-order valence-electron chi connectivity index (χ1n) is 6.67. The highest BCUT2D eigenvalue weighted by atomic mass is 32.1. The number of nitrogens with zero attached hydrogens (tertiary/aromatic N) is 2. The van der Waals surface area contributed by atoms with Crippen LogP contribution >= 0.6 is 12.2 Å². The summed E-state index contributed by atoms with van der Waals surface area (Å²) in [5.74, 6) is -0.359. The smallest absolute Gasteiger partial charge is 0.331 e.